The maximum atomic E-state index is 12.9. The lowest BCUT2D eigenvalue weighted by Gasteiger charge is -2.16. The number of carbonyl (C=O) groups excluding carboxylic acids is 1. The van der Waals surface area contributed by atoms with Crippen molar-refractivity contribution in [2.45, 2.75) is 6.04 Å². The monoisotopic (exact) mass is 436 g/mol. The van der Waals surface area contributed by atoms with Gasteiger partial charge in [0.25, 0.3) is 11.5 Å². The predicted octanol–water partition coefficient (Wildman–Crippen LogP) is 2.50. The summed E-state index contributed by atoms with van der Waals surface area (Å²) < 4.78 is 0. The van der Waals surface area contributed by atoms with Crippen molar-refractivity contribution < 1.29 is 4.79 Å². The first-order chi connectivity index (χ1) is 16.1. The van der Waals surface area contributed by atoms with Crippen LogP contribution in [0.15, 0.2) is 76.6 Å². The number of nitrogens with zero attached hydrogens (tertiary/aromatic N) is 2. The zero-order chi connectivity index (χ0) is 22.5. The van der Waals surface area contributed by atoms with Gasteiger partial charge in [-0.15, -0.1) is 0 Å². The molecule has 6 rings (SSSR count). The Morgan fingerprint density at radius 3 is 2.58 bits per heavy atom. The molecule has 4 N–H and O–H groups in total. The average Bonchev–Trinajstić information content (AvgIpc) is 3.38. The lowest BCUT2D eigenvalue weighted by Crippen LogP contribution is -2.33. The molecule has 0 fully saturated rings. The highest BCUT2D eigenvalue weighted by atomic mass is 16.2. The number of nitrogens with one attached hydrogen (secondary N) is 4. The van der Waals surface area contributed by atoms with Crippen molar-refractivity contribution in [1.82, 2.24) is 30.2 Å². The van der Waals surface area contributed by atoms with Crippen LogP contribution >= 0.6 is 0 Å². The average molecular weight is 436 g/mol. The largest absolute Gasteiger partial charge is 0.340 e. The van der Waals surface area contributed by atoms with Crippen LogP contribution in [-0.2, 0) is 0 Å². The molecule has 1 aliphatic carbocycles. The molecule has 3 aromatic heterocycles. The number of rotatable bonds is 3. The van der Waals surface area contributed by atoms with E-state index in [4.69, 9.17) is 4.98 Å². The molecule has 0 radical (unpaired) electrons. The summed E-state index contributed by atoms with van der Waals surface area (Å²) in [7, 11) is 0. The summed E-state index contributed by atoms with van der Waals surface area (Å²) in [6.07, 6.45) is 3.43. The highest BCUT2D eigenvalue weighted by molar-refractivity contribution is 5.96. The molecule has 0 bridgehead atoms. The number of hydrogen-bond acceptors (Lipinski definition) is 5. The van der Waals surface area contributed by atoms with Gasteiger partial charge in [-0.2, -0.15) is 0 Å². The van der Waals surface area contributed by atoms with E-state index in [9.17, 15) is 14.4 Å². The van der Waals surface area contributed by atoms with Crippen molar-refractivity contribution in [3.8, 4) is 22.5 Å². The van der Waals surface area contributed by atoms with Crippen LogP contribution in [0.4, 0.5) is 0 Å². The van der Waals surface area contributed by atoms with Crippen molar-refractivity contribution in [2.75, 3.05) is 0 Å². The van der Waals surface area contributed by atoms with Gasteiger partial charge >= 0.3 is 5.69 Å². The summed E-state index contributed by atoms with van der Waals surface area (Å²) >= 11 is 0. The van der Waals surface area contributed by atoms with E-state index in [0.717, 1.165) is 44.9 Å². The predicted molar refractivity (Wildman–Crippen MR) is 122 cm³/mol. The number of fused-ring (bicyclic) bond motifs is 4. The van der Waals surface area contributed by atoms with Crippen LogP contribution in [0.3, 0.4) is 0 Å². The number of benzene rings is 2. The van der Waals surface area contributed by atoms with Crippen molar-refractivity contribution in [1.29, 1.82) is 0 Å². The van der Waals surface area contributed by atoms with E-state index < -0.39 is 23.2 Å². The third-order valence-electron chi connectivity index (χ3n) is 5.77. The number of carbonyl (C=O) groups is 1. The summed E-state index contributed by atoms with van der Waals surface area (Å²) in [5, 5.41) is 2.96. The van der Waals surface area contributed by atoms with Crippen LogP contribution in [0, 0.1) is 0 Å². The zero-order valence-corrected chi connectivity index (χ0v) is 17.0. The molecule has 5 aromatic rings. The molecular formula is C24H16N6O3. The first kappa shape index (κ1) is 18.9. The first-order valence-corrected chi connectivity index (χ1v) is 10.3. The first-order valence-electron chi connectivity index (χ1n) is 10.3. The van der Waals surface area contributed by atoms with Crippen LogP contribution in [0.1, 0.15) is 27.7 Å². The number of hydrogen-bond donors (Lipinski definition) is 4. The molecule has 33 heavy (non-hydrogen) atoms. The van der Waals surface area contributed by atoms with Crippen LogP contribution < -0.4 is 16.6 Å². The Labute approximate surface area is 185 Å². The fourth-order valence-corrected chi connectivity index (χ4v) is 4.39. The minimum absolute atomic E-state index is 0.101. The Morgan fingerprint density at radius 2 is 1.73 bits per heavy atom. The number of amides is 1. The second-order valence-electron chi connectivity index (χ2n) is 7.74. The van der Waals surface area contributed by atoms with Gasteiger partial charge in [0, 0.05) is 17.8 Å². The van der Waals surface area contributed by atoms with Crippen molar-refractivity contribution in [2.24, 2.45) is 0 Å². The highest BCUT2D eigenvalue weighted by Gasteiger charge is 2.32. The van der Waals surface area contributed by atoms with Crippen LogP contribution in [0.5, 0.6) is 0 Å². The van der Waals surface area contributed by atoms with E-state index >= 15 is 0 Å². The Hall–Kier alpha value is -4.79. The van der Waals surface area contributed by atoms with E-state index in [1.54, 1.807) is 12.4 Å². The second-order valence-corrected chi connectivity index (χ2v) is 7.74. The van der Waals surface area contributed by atoms with Gasteiger partial charge < -0.3 is 15.3 Å². The molecular weight excluding hydrogens is 420 g/mol. The van der Waals surface area contributed by atoms with Crippen LogP contribution in [-0.4, -0.2) is 30.8 Å². The Balaban J connectivity index is 1.49. The fourth-order valence-electron chi connectivity index (χ4n) is 4.39. The molecule has 1 amide bonds. The number of aromatic nitrogens is 5. The molecule has 9 heteroatoms. The SMILES string of the molecule is O=C(NC1c2ccccc2-c2c(-c3nc4ccncc4[nH]3)cccc21)c1cc(=O)[nH]c(=O)[nH]1. The molecule has 1 unspecified atom stereocenters. The summed E-state index contributed by atoms with van der Waals surface area (Å²) in [6, 6.07) is 16.1. The van der Waals surface area contributed by atoms with Gasteiger partial charge in [-0.05, 0) is 28.3 Å². The number of imidazole rings is 1. The molecule has 0 spiro atoms. The maximum Gasteiger partial charge on any atom is 0.326 e. The van der Waals surface area contributed by atoms with Crippen LogP contribution in [0.25, 0.3) is 33.5 Å². The lowest BCUT2D eigenvalue weighted by molar-refractivity contribution is 0.0938. The molecule has 1 aliphatic rings. The molecule has 1 atom stereocenters. The Morgan fingerprint density at radius 1 is 0.909 bits per heavy atom. The molecule has 0 saturated carbocycles. The maximum absolute atomic E-state index is 12.9. The van der Waals surface area contributed by atoms with Crippen molar-refractivity contribution in [3.63, 3.8) is 0 Å². The van der Waals surface area contributed by atoms with Gasteiger partial charge in [0.15, 0.2) is 0 Å². The third kappa shape index (κ3) is 3.06. The van der Waals surface area contributed by atoms with Crippen molar-refractivity contribution in [3.05, 3.63) is 105 Å². The molecule has 2 aromatic carbocycles. The van der Waals surface area contributed by atoms with Gasteiger partial charge in [-0.3, -0.25) is 19.6 Å². The molecule has 9 nitrogen and oxygen atoms in total. The molecule has 0 aliphatic heterocycles. The van der Waals surface area contributed by atoms with Gasteiger partial charge in [0.1, 0.15) is 11.5 Å². The number of aromatic amines is 3. The van der Waals surface area contributed by atoms with Gasteiger partial charge in [0.05, 0.1) is 23.3 Å². The van der Waals surface area contributed by atoms with E-state index in [-0.39, 0.29) is 5.69 Å². The third-order valence-corrected chi connectivity index (χ3v) is 5.77. The van der Waals surface area contributed by atoms with Crippen molar-refractivity contribution >= 4 is 16.9 Å². The Kier molecular flexibility index (Phi) is 4.09. The van der Waals surface area contributed by atoms with Crippen LogP contribution in [0.2, 0.25) is 0 Å². The minimum atomic E-state index is -0.735. The second kappa shape index (κ2) is 7.13. The van der Waals surface area contributed by atoms with Gasteiger partial charge in [-0.1, -0.05) is 42.5 Å². The fraction of sp³-hybridized carbons (Fsp3) is 0.0417. The molecule has 3 heterocycles. The van der Waals surface area contributed by atoms with Gasteiger partial charge in [0.2, 0.25) is 0 Å². The number of pyridine rings is 1. The zero-order valence-electron chi connectivity index (χ0n) is 17.0. The lowest BCUT2D eigenvalue weighted by atomic mass is 9.99. The normalized spacial score (nSPS) is 14.1. The quantitative estimate of drug-likeness (QED) is 0.344. The number of H-pyrrole nitrogens is 3. The standard InChI is InChI=1S/C24H16N6O3/c31-19-10-17(28-24(33)29-19)23(32)30-21-13-5-2-1-4-12(13)20-14(21)6-3-7-15(20)22-26-16-8-9-25-11-18(16)27-22/h1-11,21H,(H,26,27)(H,30,32)(H2,28,29,31,33). The van der Waals surface area contributed by atoms with E-state index in [0.29, 0.717) is 5.82 Å². The van der Waals surface area contributed by atoms with E-state index in [2.05, 4.69) is 25.3 Å². The summed E-state index contributed by atoms with van der Waals surface area (Å²) in [5.41, 5.74) is 4.82. The topological polar surface area (TPSA) is 136 Å². The molecule has 160 valence electrons. The molecule has 0 saturated heterocycles. The minimum Gasteiger partial charge on any atom is -0.340 e. The van der Waals surface area contributed by atoms with E-state index in [1.807, 2.05) is 48.5 Å². The summed E-state index contributed by atoms with van der Waals surface area (Å²) in [5.74, 6) is 0.154. The summed E-state index contributed by atoms with van der Waals surface area (Å²) in [4.78, 5) is 52.9. The Bertz CT molecular complexity index is 1620. The highest BCUT2D eigenvalue weighted by Crippen LogP contribution is 2.47. The van der Waals surface area contributed by atoms with E-state index in [1.165, 1.54) is 0 Å². The smallest absolute Gasteiger partial charge is 0.326 e. The van der Waals surface area contributed by atoms with Gasteiger partial charge in [-0.25, -0.2) is 9.78 Å². The summed E-state index contributed by atoms with van der Waals surface area (Å²) in [6.45, 7) is 0.